The molecule has 1 fully saturated rings. The van der Waals surface area contributed by atoms with Gasteiger partial charge in [-0.1, -0.05) is 78.9 Å². The fourth-order valence-electron chi connectivity index (χ4n) is 5.12. The zero-order valence-electron chi connectivity index (χ0n) is 20.7. The highest BCUT2D eigenvalue weighted by Crippen LogP contribution is 2.39. The number of fused-ring (bicyclic) bond motifs is 2. The first-order chi connectivity index (χ1) is 16.4. The lowest BCUT2D eigenvalue weighted by Crippen LogP contribution is -3.00. The van der Waals surface area contributed by atoms with Crippen molar-refractivity contribution in [1.29, 1.82) is 0 Å². The molecule has 1 atom stereocenters. The molecule has 5 heteroatoms. The first-order valence-electron chi connectivity index (χ1n) is 12.2. The number of carbonyl (C=O) groups excluding carboxylic acids is 1. The minimum Gasteiger partial charge on any atom is -1.00 e. The number of hydrogen-bond donors (Lipinski definition) is 0. The normalized spacial score (nSPS) is 16.0. The van der Waals surface area contributed by atoms with E-state index in [9.17, 15) is 4.79 Å². The second-order valence-corrected chi connectivity index (χ2v) is 10.1. The van der Waals surface area contributed by atoms with Crippen LogP contribution in [0, 0.1) is 0 Å². The molecule has 0 radical (unpaired) electrons. The fourth-order valence-corrected chi connectivity index (χ4v) is 5.12. The largest absolute Gasteiger partial charge is 1.00 e. The van der Waals surface area contributed by atoms with Crippen LogP contribution in [-0.4, -0.2) is 61.9 Å². The van der Waals surface area contributed by atoms with E-state index in [0.29, 0.717) is 6.42 Å². The molecule has 4 nitrogen and oxygen atoms in total. The summed E-state index contributed by atoms with van der Waals surface area (Å²) >= 11 is 0. The van der Waals surface area contributed by atoms with E-state index in [1.807, 2.05) is 11.8 Å². The molecule has 5 rings (SSSR count). The van der Waals surface area contributed by atoms with E-state index in [4.69, 9.17) is 4.74 Å². The van der Waals surface area contributed by atoms with Crippen LogP contribution >= 0.6 is 0 Å². The molecule has 1 aliphatic rings. The van der Waals surface area contributed by atoms with E-state index in [2.05, 4.69) is 93.0 Å². The van der Waals surface area contributed by atoms with Crippen LogP contribution in [0.25, 0.3) is 32.7 Å². The molecule has 1 aliphatic heterocycles. The lowest BCUT2D eigenvalue weighted by molar-refractivity contribution is -0.894. The molecule has 0 unspecified atom stereocenters. The standard InChI is InChI=1S/C30H33N2O2.HI/c1-22(34-30(33)31-17-19-32(2,3)20-18-31)21-28-24-13-7-9-15-26(24)29(23-11-5-4-6-12-23)27-16-10-8-14-25(27)28;/h4-16,22H,17-21H2,1-3H3;1H/q+1;/p-1/t22-;/m0./s1. The van der Waals surface area contributed by atoms with E-state index in [1.54, 1.807) is 0 Å². The maximum Gasteiger partial charge on any atom is 0.410 e. The lowest BCUT2D eigenvalue weighted by atomic mass is 9.87. The number of benzene rings is 4. The van der Waals surface area contributed by atoms with E-state index < -0.39 is 0 Å². The van der Waals surface area contributed by atoms with Crippen molar-refractivity contribution in [2.75, 3.05) is 40.3 Å². The number of carbonyl (C=O) groups is 1. The van der Waals surface area contributed by atoms with Crippen LogP contribution in [0.5, 0.6) is 0 Å². The molecule has 4 aromatic rings. The Morgan fingerprint density at radius 3 is 1.86 bits per heavy atom. The van der Waals surface area contributed by atoms with Crippen molar-refractivity contribution in [3.8, 4) is 11.1 Å². The molecule has 1 saturated heterocycles. The minimum atomic E-state index is -0.216. The summed E-state index contributed by atoms with van der Waals surface area (Å²) in [6, 6.07) is 27.8. The van der Waals surface area contributed by atoms with Gasteiger partial charge in [0.05, 0.1) is 40.3 Å². The van der Waals surface area contributed by atoms with Crippen molar-refractivity contribution in [2.24, 2.45) is 0 Å². The highest BCUT2D eigenvalue weighted by atomic mass is 127. The van der Waals surface area contributed by atoms with Crippen LogP contribution in [0.4, 0.5) is 4.79 Å². The predicted molar refractivity (Wildman–Crippen MR) is 140 cm³/mol. The molecule has 0 aliphatic carbocycles. The summed E-state index contributed by atoms with van der Waals surface area (Å²) in [4.78, 5) is 14.7. The quantitative estimate of drug-likeness (QED) is 0.211. The van der Waals surface area contributed by atoms with Gasteiger partial charge in [0.15, 0.2) is 0 Å². The van der Waals surface area contributed by atoms with E-state index in [0.717, 1.165) is 30.7 Å². The number of nitrogens with zero attached hydrogens (tertiary/aromatic N) is 2. The van der Waals surface area contributed by atoms with Gasteiger partial charge in [0.2, 0.25) is 0 Å². The van der Waals surface area contributed by atoms with Crippen LogP contribution in [-0.2, 0) is 11.2 Å². The van der Waals surface area contributed by atoms with Gasteiger partial charge in [0, 0.05) is 6.42 Å². The molecule has 4 aromatic carbocycles. The first kappa shape index (κ1) is 25.5. The van der Waals surface area contributed by atoms with Gasteiger partial charge in [0.25, 0.3) is 0 Å². The number of halogens is 1. The lowest BCUT2D eigenvalue weighted by Gasteiger charge is -2.38. The second-order valence-electron chi connectivity index (χ2n) is 10.1. The Bertz CT molecular complexity index is 1270. The Labute approximate surface area is 225 Å². The van der Waals surface area contributed by atoms with Gasteiger partial charge in [0.1, 0.15) is 6.10 Å². The van der Waals surface area contributed by atoms with Crippen molar-refractivity contribution in [2.45, 2.75) is 19.4 Å². The summed E-state index contributed by atoms with van der Waals surface area (Å²) in [7, 11) is 4.42. The Kier molecular flexibility index (Phi) is 7.67. The van der Waals surface area contributed by atoms with Crippen LogP contribution < -0.4 is 24.0 Å². The van der Waals surface area contributed by atoms with Gasteiger partial charge in [-0.3, -0.25) is 4.90 Å². The molecule has 0 saturated carbocycles. The molecule has 1 amide bonds. The van der Waals surface area contributed by atoms with Crippen molar-refractivity contribution >= 4 is 27.6 Å². The van der Waals surface area contributed by atoms with Gasteiger partial charge in [-0.15, -0.1) is 0 Å². The summed E-state index contributed by atoms with van der Waals surface area (Å²) < 4.78 is 6.90. The van der Waals surface area contributed by atoms with Gasteiger partial charge < -0.3 is 33.2 Å². The zero-order valence-corrected chi connectivity index (χ0v) is 22.9. The monoisotopic (exact) mass is 580 g/mol. The average Bonchev–Trinajstić information content (AvgIpc) is 2.84. The number of likely N-dealkylation sites (N-methyl/N-ethyl adjacent to an activating group) is 1. The zero-order chi connectivity index (χ0) is 23.7. The van der Waals surface area contributed by atoms with Gasteiger partial charge in [-0.25, -0.2) is 4.79 Å². The molecule has 0 N–H and O–H groups in total. The average molecular weight is 581 g/mol. The molecule has 182 valence electrons. The van der Waals surface area contributed by atoms with Gasteiger partial charge in [-0.2, -0.15) is 0 Å². The second kappa shape index (κ2) is 10.5. The minimum absolute atomic E-state index is 0. The summed E-state index contributed by atoms with van der Waals surface area (Å²) in [5, 5.41) is 4.91. The Morgan fingerprint density at radius 2 is 1.31 bits per heavy atom. The summed E-state index contributed by atoms with van der Waals surface area (Å²) in [5.41, 5.74) is 3.71. The summed E-state index contributed by atoms with van der Waals surface area (Å²) in [5.74, 6) is 0. The molecule has 1 heterocycles. The highest BCUT2D eigenvalue weighted by Gasteiger charge is 2.29. The van der Waals surface area contributed by atoms with E-state index in [-0.39, 0.29) is 36.2 Å². The number of quaternary nitrogens is 1. The SMILES string of the molecule is C[C@@H](Cc1c2ccccc2c(-c2ccccc2)c2ccccc12)OC(=O)N1CC[N+](C)(C)CC1.[I-]. The predicted octanol–water partition coefficient (Wildman–Crippen LogP) is 3.12. The van der Waals surface area contributed by atoms with Crippen LogP contribution in [0.1, 0.15) is 12.5 Å². The summed E-state index contributed by atoms with van der Waals surface area (Å²) in [6.07, 6.45) is 0.269. The number of piperazine rings is 1. The highest BCUT2D eigenvalue weighted by molar-refractivity contribution is 6.15. The third-order valence-corrected chi connectivity index (χ3v) is 7.11. The van der Waals surface area contributed by atoms with Crippen LogP contribution in [0.2, 0.25) is 0 Å². The topological polar surface area (TPSA) is 29.5 Å². The third-order valence-electron chi connectivity index (χ3n) is 7.11. The number of ether oxygens (including phenoxy) is 1. The van der Waals surface area contributed by atoms with Crippen molar-refractivity contribution in [1.82, 2.24) is 4.90 Å². The van der Waals surface area contributed by atoms with Crippen LogP contribution in [0.3, 0.4) is 0 Å². The Morgan fingerprint density at radius 1 is 0.829 bits per heavy atom. The maximum atomic E-state index is 12.9. The molecule has 0 aromatic heterocycles. The molecular formula is C30H33IN2O2. The Hall–Kier alpha value is -2.64. The van der Waals surface area contributed by atoms with Crippen LogP contribution in [0.15, 0.2) is 78.9 Å². The molecular weight excluding hydrogens is 547 g/mol. The third kappa shape index (κ3) is 5.31. The van der Waals surface area contributed by atoms with Gasteiger partial charge in [-0.05, 0) is 45.2 Å². The number of rotatable bonds is 4. The number of amides is 1. The summed E-state index contributed by atoms with van der Waals surface area (Å²) in [6.45, 7) is 5.42. The first-order valence-corrected chi connectivity index (χ1v) is 12.2. The van der Waals surface area contributed by atoms with Crippen molar-refractivity contribution in [3.63, 3.8) is 0 Å². The van der Waals surface area contributed by atoms with Gasteiger partial charge >= 0.3 is 6.09 Å². The van der Waals surface area contributed by atoms with E-state index in [1.165, 1.54) is 38.2 Å². The van der Waals surface area contributed by atoms with E-state index >= 15 is 0 Å². The molecule has 0 spiro atoms. The Balaban J connectivity index is 0.00000289. The fraction of sp³-hybridized carbons (Fsp3) is 0.300. The maximum absolute atomic E-state index is 12.9. The molecule has 35 heavy (non-hydrogen) atoms. The molecule has 0 bridgehead atoms. The number of hydrogen-bond acceptors (Lipinski definition) is 2. The van der Waals surface area contributed by atoms with Crippen molar-refractivity contribution in [3.05, 3.63) is 84.4 Å². The van der Waals surface area contributed by atoms with Crippen molar-refractivity contribution < 1.29 is 38.0 Å². The smallest absolute Gasteiger partial charge is 0.410 e.